The molecule has 1 unspecified atom stereocenters. The molecule has 0 aromatic heterocycles. The highest BCUT2D eigenvalue weighted by Crippen LogP contribution is 2.22. The maximum Gasteiger partial charge on any atom is 0.307 e. The molecule has 12 heavy (non-hydrogen) atoms. The third-order valence-corrected chi connectivity index (χ3v) is 2.12. The third-order valence-electron chi connectivity index (χ3n) is 2.12. The predicted molar refractivity (Wildman–Crippen MR) is 44.9 cm³/mol. The molecule has 1 aliphatic rings. The lowest BCUT2D eigenvalue weighted by atomic mass is 9.92. The molecule has 1 N–H and O–H groups in total. The first kappa shape index (κ1) is 9.26. The number of ether oxygens (including phenoxy) is 1. The fourth-order valence-corrected chi connectivity index (χ4v) is 1.40. The first-order valence-electron chi connectivity index (χ1n) is 4.17. The molecule has 0 bridgehead atoms. The topological polar surface area (TPSA) is 46.5 Å². The van der Waals surface area contributed by atoms with Gasteiger partial charge in [-0.25, -0.2) is 0 Å². The molecule has 3 nitrogen and oxygen atoms in total. The summed E-state index contributed by atoms with van der Waals surface area (Å²) in [5.41, 5.74) is 0.794. The predicted octanol–water partition coefficient (Wildman–Crippen LogP) is 1.44. The van der Waals surface area contributed by atoms with E-state index in [0.717, 1.165) is 25.0 Å². The molecule has 0 aromatic rings. The van der Waals surface area contributed by atoms with Crippen molar-refractivity contribution >= 4 is 5.97 Å². The SMILES string of the molecule is C=C(CC(=O)O)C1CCCOC1. The largest absolute Gasteiger partial charge is 0.481 e. The van der Waals surface area contributed by atoms with Gasteiger partial charge in [-0.3, -0.25) is 4.79 Å². The van der Waals surface area contributed by atoms with Gasteiger partial charge in [0.25, 0.3) is 0 Å². The third kappa shape index (κ3) is 2.66. The second kappa shape index (κ2) is 4.26. The van der Waals surface area contributed by atoms with Crippen LogP contribution in [0.3, 0.4) is 0 Å². The Hall–Kier alpha value is -0.830. The minimum atomic E-state index is -0.800. The standard InChI is InChI=1S/C9H14O3/c1-7(5-9(10)11)8-3-2-4-12-6-8/h8H,1-6H2,(H,10,11). The van der Waals surface area contributed by atoms with Gasteiger partial charge in [-0.05, 0) is 12.8 Å². The normalized spacial score (nSPS) is 23.5. The highest BCUT2D eigenvalue weighted by atomic mass is 16.5. The summed E-state index contributed by atoms with van der Waals surface area (Å²) in [6.45, 7) is 5.21. The summed E-state index contributed by atoms with van der Waals surface area (Å²) >= 11 is 0. The molecule has 0 spiro atoms. The van der Waals surface area contributed by atoms with Crippen LogP contribution in [0.4, 0.5) is 0 Å². The van der Waals surface area contributed by atoms with Crippen LogP contribution in [0.1, 0.15) is 19.3 Å². The summed E-state index contributed by atoms with van der Waals surface area (Å²) in [6.07, 6.45) is 2.11. The molecule has 1 heterocycles. The molecule has 1 atom stereocenters. The van der Waals surface area contributed by atoms with E-state index in [4.69, 9.17) is 9.84 Å². The van der Waals surface area contributed by atoms with Crippen LogP contribution in [0.5, 0.6) is 0 Å². The van der Waals surface area contributed by atoms with Crippen molar-refractivity contribution in [2.24, 2.45) is 5.92 Å². The van der Waals surface area contributed by atoms with Crippen LogP contribution in [-0.2, 0) is 9.53 Å². The van der Waals surface area contributed by atoms with Crippen LogP contribution in [0.15, 0.2) is 12.2 Å². The minimum absolute atomic E-state index is 0.0774. The van der Waals surface area contributed by atoms with Crippen molar-refractivity contribution < 1.29 is 14.6 Å². The molecular weight excluding hydrogens is 156 g/mol. The van der Waals surface area contributed by atoms with Crippen molar-refractivity contribution in [1.82, 2.24) is 0 Å². The molecule has 1 aliphatic heterocycles. The van der Waals surface area contributed by atoms with Crippen molar-refractivity contribution in [1.29, 1.82) is 0 Å². The number of rotatable bonds is 3. The van der Waals surface area contributed by atoms with Gasteiger partial charge in [-0.2, -0.15) is 0 Å². The van der Waals surface area contributed by atoms with Crippen molar-refractivity contribution in [2.45, 2.75) is 19.3 Å². The Morgan fingerprint density at radius 3 is 2.92 bits per heavy atom. The number of hydrogen-bond acceptors (Lipinski definition) is 2. The van der Waals surface area contributed by atoms with Crippen LogP contribution < -0.4 is 0 Å². The molecule has 0 aromatic carbocycles. The zero-order valence-corrected chi connectivity index (χ0v) is 7.08. The Balaban J connectivity index is 2.34. The zero-order valence-electron chi connectivity index (χ0n) is 7.08. The van der Waals surface area contributed by atoms with Gasteiger partial charge in [0.2, 0.25) is 0 Å². The molecule has 1 saturated heterocycles. The maximum absolute atomic E-state index is 10.4. The summed E-state index contributed by atoms with van der Waals surface area (Å²) < 4.78 is 5.23. The van der Waals surface area contributed by atoms with Gasteiger partial charge >= 0.3 is 5.97 Å². The molecular formula is C9H14O3. The van der Waals surface area contributed by atoms with Gasteiger partial charge in [0.05, 0.1) is 13.0 Å². The van der Waals surface area contributed by atoms with Crippen LogP contribution >= 0.6 is 0 Å². The van der Waals surface area contributed by atoms with Crippen LogP contribution in [0.25, 0.3) is 0 Å². The average Bonchev–Trinajstić information content (AvgIpc) is 2.05. The van der Waals surface area contributed by atoms with Gasteiger partial charge in [-0.1, -0.05) is 12.2 Å². The summed E-state index contributed by atoms with van der Waals surface area (Å²) in [7, 11) is 0. The van der Waals surface area contributed by atoms with E-state index in [9.17, 15) is 4.79 Å². The van der Waals surface area contributed by atoms with E-state index in [0.29, 0.717) is 6.61 Å². The Kier molecular flexibility index (Phi) is 3.29. The Morgan fingerprint density at radius 2 is 2.42 bits per heavy atom. The van der Waals surface area contributed by atoms with Gasteiger partial charge in [-0.15, -0.1) is 0 Å². The number of carbonyl (C=O) groups is 1. The average molecular weight is 170 g/mol. The van der Waals surface area contributed by atoms with Crippen molar-refractivity contribution in [3.05, 3.63) is 12.2 Å². The van der Waals surface area contributed by atoms with Crippen LogP contribution in [0.2, 0.25) is 0 Å². The quantitative estimate of drug-likeness (QED) is 0.652. The van der Waals surface area contributed by atoms with Gasteiger partial charge < -0.3 is 9.84 Å². The van der Waals surface area contributed by atoms with E-state index in [-0.39, 0.29) is 12.3 Å². The van der Waals surface area contributed by atoms with Crippen LogP contribution in [0, 0.1) is 5.92 Å². The Labute approximate surface area is 72.0 Å². The summed E-state index contributed by atoms with van der Waals surface area (Å²) in [5.74, 6) is -0.541. The fourth-order valence-electron chi connectivity index (χ4n) is 1.40. The molecule has 1 fully saturated rings. The summed E-state index contributed by atoms with van der Waals surface area (Å²) in [6, 6.07) is 0. The Bertz CT molecular complexity index is 180. The van der Waals surface area contributed by atoms with Gasteiger partial charge in [0, 0.05) is 12.5 Å². The number of hydrogen-bond donors (Lipinski definition) is 1. The molecule has 68 valence electrons. The molecule has 0 amide bonds. The van der Waals surface area contributed by atoms with E-state index in [2.05, 4.69) is 6.58 Å². The molecule has 0 radical (unpaired) electrons. The Morgan fingerprint density at radius 1 is 1.67 bits per heavy atom. The maximum atomic E-state index is 10.4. The van der Waals surface area contributed by atoms with E-state index < -0.39 is 5.97 Å². The fraction of sp³-hybridized carbons (Fsp3) is 0.667. The van der Waals surface area contributed by atoms with Gasteiger partial charge in [0.15, 0.2) is 0 Å². The molecule has 0 aliphatic carbocycles. The highest BCUT2D eigenvalue weighted by Gasteiger charge is 2.18. The van der Waals surface area contributed by atoms with E-state index in [1.165, 1.54) is 0 Å². The lowest BCUT2D eigenvalue weighted by Gasteiger charge is -2.23. The minimum Gasteiger partial charge on any atom is -0.481 e. The van der Waals surface area contributed by atoms with E-state index in [1.807, 2.05) is 0 Å². The van der Waals surface area contributed by atoms with Crippen molar-refractivity contribution in [2.75, 3.05) is 13.2 Å². The molecule has 3 heteroatoms. The van der Waals surface area contributed by atoms with E-state index >= 15 is 0 Å². The first-order valence-corrected chi connectivity index (χ1v) is 4.17. The van der Waals surface area contributed by atoms with Crippen molar-refractivity contribution in [3.63, 3.8) is 0 Å². The van der Waals surface area contributed by atoms with Crippen LogP contribution in [-0.4, -0.2) is 24.3 Å². The van der Waals surface area contributed by atoms with E-state index in [1.54, 1.807) is 0 Å². The molecule has 0 saturated carbocycles. The van der Waals surface area contributed by atoms with Crippen molar-refractivity contribution in [3.8, 4) is 0 Å². The number of carboxylic acid groups (broad SMARTS) is 1. The van der Waals surface area contributed by atoms with Gasteiger partial charge in [0.1, 0.15) is 0 Å². The number of carboxylic acids is 1. The smallest absolute Gasteiger partial charge is 0.307 e. The first-order chi connectivity index (χ1) is 5.70. The second-order valence-corrected chi connectivity index (χ2v) is 3.14. The molecule has 1 rings (SSSR count). The summed E-state index contributed by atoms with van der Waals surface area (Å²) in [5, 5.41) is 8.51. The highest BCUT2D eigenvalue weighted by molar-refractivity contribution is 5.69. The number of aliphatic carboxylic acids is 1. The zero-order chi connectivity index (χ0) is 8.97. The second-order valence-electron chi connectivity index (χ2n) is 3.14. The monoisotopic (exact) mass is 170 g/mol. The lowest BCUT2D eigenvalue weighted by Crippen LogP contribution is -2.20. The summed E-state index contributed by atoms with van der Waals surface area (Å²) in [4.78, 5) is 10.4. The lowest BCUT2D eigenvalue weighted by molar-refractivity contribution is -0.136.